The molecular weight excluding hydrogens is 258 g/mol. The Bertz CT molecular complexity index is 397. The molecule has 0 saturated carbocycles. The monoisotopic (exact) mass is 273 g/mol. The Morgan fingerprint density at radius 2 is 2.59 bits per heavy atom. The van der Waals surface area contributed by atoms with Gasteiger partial charge in [-0.2, -0.15) is 0 Å². The minimum absolute atomic E-state index is 0.214. The van der Waals surface area contributed by atoms with Crippen molar-refractivity contribution in [3.63, 3.8) is 0 Å². The van der Waals surface area contributed by atoms with E-state index in [2.05, 4.69) is 15.6 Å². The van der Waals surface area contributed by atoms with E-state index < -0.39 is 6.10 Å². The highest BCUT2D eigenvalue weighted by Crippen LogP contribution is 2.19. The van der Waals surface area contributed by atoms with Crippen LogP contribution in [0.1, 0.15) is 16.9 Å². The number of hydrogen-bond donors (Lipinski definition) is 3. The Morgan fingerprint density at radius 1 is 1.76 bits per heavy atom. The Morgan fingerprint density at radius 3 is 3.24 bits per heavy atom. The van der Waals surface area contributed by atoms with Crippen LogP contribution in [0.5, 0.6) is 0 Å². The second-order valence-electron chi connectivity index (χ2n) is 3.84. The lowest BCUT2D eigenvalue weighted by atomic mass is 10.0. The molecule has 1 aliphatic heterocycles. The maximum absolute atomic E-state index is 11.9. The summed E-state index contributed by atoms with van der Waals surface area (Å²) >= 11 is 2.97. The summed E-state index contributed by atoms with van der Waals surface area (Å²) in [4.78, 5) is 16.1. The van der Waals surface area contributed by atoms with E-state index in [1.807, 2.05) is 6.26 Å². The van der Waals surface area contributed by atoms with Crippen molar-refractivity contribution in [3.8, 4) is 0 Å². The fourth-order valence-corrected chi connectivity index (χ4v) is 2.93. The van der Waals surface area contributed by atoms with Crippen LogP contribution in [0.15, 0.2) is 9.72 Å². The van der Waals surface area contributed by atoms with Crippen molar-refractivity contribution in [1.82, 2.24) is 15.6 Å². The zero-order chi connectivity index (χ0) is 12.3. The van der Waals surface area contributed by atoms with E-state index in [4.69, 9.17) is 0 Å². The van der Waals surface area contributed by atoms with Crippen LogP contribution in [-0.4, -0.2) is 47.5 Å². The smallest absolute Gasteiger partial charge is 0.271 e. The van der Waals surface area contributed by atoms with E-state index in [-0.39, 0.29) is 11.9 Å². The lowest BCUT2D eigenvalue weighted by Crippen LogP contribution is -2.53. The molecule has 2 unspecified atom stereocenters. The molecule has 0 radical (unpaired) electrons. The Balaban J connectivity index is 1.96. The van der Waals surface area contributed by atoms with Crippen LogP contribution in [-0.2, 0) is 0 Å². The van der Waals surface area contributed by atoms with Crippen molar-refractivity contribution < 1.29 is 9.90 Å². The number of nitrogens with one attached hydrogen (secondary N) is 2. The molecule has 0 spiro atoms. The number of piperidine rings is 1. The maximum atomic E-state index is 11.9. The normalized spacial score (nSPS) is 24.6. The number of thioether (sulfide) groups is 1. The van der Waals surface area contributed by atoms with E-state index in [0.717, 1.165) is 10.9 Å². The van der Waals surface area contributed by atoms with Gasteiger partial charge >= 0.3 is 0 Å². The highest BCUT2D eigenvalue weighted by atomic mass is 32.2. The first kappa shape index (κ1) is 12.8. The molecule has 1 aromatic heterocycles. The van der Waals surface area contributed by atoms with Crippen LogP contribution in [0.3, 0.4) is 0 Å². The van der Waals surface area contributed by atoms with Crippen molar-refractivity contribution in [1.29, 1.82) is 0 Å². The van der Waals surface area contributed by atoms with Gasteiger partial charge in [0.25, 0.3) is 5.91 Å². The van der Waals surface area contributed by atoms with Gasteiger partial charge in [-0.25, -0.2) is 4.98 Å². The van der Waals surface area contributed by atoms with E-state index in [9.17, 15) is 9.90 Å². The summed E-state index contributed by atoms with van der Waals surface area (Å²) < 4.78 is 0.873. The summed E-state index contributed by atoms with van der Waals surface area (Å²) in [7, 11) is 0. The SMILES string of the molecule is CSc1nc(C(=O)NC2CNCCC2O)cs1. The van der Waals surface area contributed by atoms with Crippen LogP contribution in [0, 0.1) is 0 Å². The average molecular weight is 273 g/mol. The van der Waals surface area contributed by atoms with Crippen LogP contribution in [0.25, 0.3) is 0 Å². The molecule has 2 atom stereocenters. The van der Waals surface area contributed by atoms with Gasteiger partial charge in [-0.15, -0.1) is 11.3 Å². The van der Waals surface area contributed by atoms with E-state index in [1.54, 1.807) is 5.38 Å². The van der Waals surface area contributed by atoms with Crippen LogP contribution in [0.4, 0.5) is 0 Å². The van der Waals surface area contributed by atoms with Gasteiger partial charge in [-0.3, -0.25) is 4.79 Å². The van der Waals surface area contributed by atoms with Gasteiger partial charge in [0.05, 0.1) is 12.1 Å². The number of thiazole rings is 1. The number of aromatic nitrogens is 1. The first-order chi connectivity index (χ1) is 8.20. The lowest BCUT2D eigenvalue weighted by molar-refractivity contribution is 0.0751. The predicted octanol–water partition coefficient (Wildman–Crippen LogP) is 0.318. The van der Waals surface area contributed by atoms with Gasteiger partial charge in [0.1, 0.15) is 10.0 Å². The van der Waals surface area contributed by atoms with Crippen molar-refractivity contribution in [3.05, 3.63) is 11.1 Å². The Labute approximate surface area is 108 Å². The molecule has 1 fully saturated rings. The zero-order valence-corrected chi connectivity index (χ0v) is 11.1. The first-order valence-corrected chi connectivity index (χ1v) is 7.50. The number of carbonyl (C=O) groups excluding carboxylic acids is 1. The van der Waals surface area contributed by atoms with E-state index in [0.29, 0.717) is 18.7 Å². The molecule has 17 heavy (non-hydrogen) atoms. The number of aliphatic hydroxyl groups excluding tert-OH is 1. The third-order valence-electron chi connectivity index (χ3n) is 2.65. The fraction of sp³-hybridized carbons (Fsp3) is 0.600. The molecular formula is C10H15N3O2S2. The van der Waals surface area contributed by atoms with Crippen molar-refractivity contribution in [2.24, 2.45) is 0 Å². The zero-order valence-electron chi connectivity index (χ0n) is 9.47. The molecule has 3 N–H and O–H groups in total. The molecule has 1 aromatic rings. The number of hydrogen-bond acceptors (Lipinski definition) is 6. The highest BCUT2D eigenvalue weighted by Gasteiger charge is 2.25. The predicted molar refractivity (Wildman–Crippen MR) is 68.6 cm³/mol. The summed E-state index contributed by atoms with van der Waals surface area (Å²) in [5, 5.41) is 17.4. The number of carbonyl (C=O) groups is 1. The lowest BCUT2D eigenvalue weighted by Gasteiger charge is -2.28. The number of rotatable bonds is 3. The summed E-state index contributed by atoms with van der Waals surface area (Å²) in [6.45, 7) is 1.40. The van der Waals surface area contributed by atoms with Crippen LogP contribution >= 0.6 is 23.1 Å². The number of nitrogens with zero attached hydrogens (tertiary/aromatic N) is 1. The van der Waals surface area contributed by atoms with Crippen molar-refractivity contribution >= 4 is 29.0 Å². The van der Waals surface area contributed by atoms with Crippen LogP contribution < -0.4 is 10.6 Å². The molecule has 7 heteroatoms. The molecule has 0 aromatic carbocycles. The number of amides is 1. The van der Waals surface area contributed by atoms with Gasteiger partial charge in [-0.05, 0) is 19.2 Å². The van der Waals surface area contributed by atoms with Crippen molar-refractivity contribution in [2.75, 3.05) is 19.3 Å². The maximum Gasteiger partial charge on any atom is 0.271 e. The summed E-state index contributed by atoms with van der Waals surface area (Å²) in [5.41, 5.74) is 0.428. The molecule has 2 rings (SSSR count). The van der Waals surface area contributed by atoms with Gasteiger partial charge in [0, 0.05) is 11.9 Å². The standard InChI is InChI=1S/C10H15N3O2S2/c1-16-10-13-7(5-17-10)9(15)12-6-4-11-3-2-8(6)14/h5-6,8,11,14H,2-4H2,1H3,(H,12,15). The largest absolute Gasteiger partial charge is 0.391 e. The molecule has 1 amide bonds. The van der Waals surface area contributed by atoms with E-state index in [1.165, 1.54) is 23.1 Å². The molecule has 94 valence electrons. The molecule has 2 heterocycles. The minimum atomic E-state index is -0.473. The molecule has 1 aliphatic rings. The quantitative estimate of drug-likeness (QED) is 0.692. The topological polar surface area (TPSA) is 74.2 Å². The van der Waals surface area contributed by atoms with Gasteiger partial charge in [-0.1, -0.05) is 11.8 Å². The van der Waals surface area contributed by atoms with Gasteiger partial charge in [0.15, 0.2) is 0 Å². The Kier molecular flexibility index (Phi) is 4.38. The van der Waals surface area contributed by atoms with Crippen molar-refractivity contribution in [2.45, 2.75) is 22.9 Å². The van der Waals surface area contributed by atoms with E-state index >= 15 is 0 Å². The number of aliphatic hydroxyl groups is 1. The third kappa shape index (κ3) is 3.19. The second-order valence-corrected chi connectivity index (χ2v) is 5.75. The Hall–Kier alpha value is -0.630. The molecule has 0 aliphatic carbocycles. The summed E-state index contributed by atoms with van der Waals surface area (Å²) in [6.07, 6.45) is 2.12. The fourth-order valence-electron chi connectivity index (χ4n) is 1.69. The first-order valence-electron chi connectivity index (χ1n) is 5.40. The molecule has 1 saturated heterocycles. The van der Waals surface area contributed by atoms with Gasteiger partial charge < -0.3 is 15.7 Å². The third-order valence-corrected chi connectivity index (χ3v) is 4.52. The highest BCUT2D eigenvalue weighted by molar-refractivity contribution is 8.00. The van der Waals surface area contributed by atoms with Gasteiger partial charge in [0.2, 0.25) is 0 Å². The second kappa shape index (κ2) is 5.81. The molecule has 5 nitrogen and oxygen atoms in total. The molecule has 0 bridgehead atoms. The summed E-state index contributed by atoms with van der Waals surface area (Å²) in [5.74, 6) is -0.214. The minimum Gasteiger partial charge on any atom is -0.391 e. The average Bonchev–Trinajstić information content (AvgIpc) is 2.81. The van der Waals surface area contributed by atoms with Crippen LogP contribution in [0.2, 0.25) is 0 Å². The summed E-state index contributed by atoms with van der Waals surface area (Å²) in [6, 6.07) is -0.226.